The number of aromatic hydroxyl groups is 2. The van der Waals surface area contributed by atoms with E-state index in [0.717, 1.165) is 12.8 Å². The van der Waals surface area contributed by atoms with Crippen molar-refractivity contribution in [2.24, 2.45) is 0 Å². The van der Waals surface area contributed by atoms with Gasteiger partial charge in [-0.1, -0.05) is 70.4 Å². The number of hydrogen-bond donors (Lipinski definition) is 3. The molecular weight excluding hydrogens is 280 g/mol. The molecule has 4 nitrogen and oxygen atoms in total. The molecule has 0 bridgehead atoms. The van der Waals surface area contributed by atoms with E-state index >= 15 is 0 Å². The summed E-state index contributed by atoms with van der Waals surface area (Å²) in [6.45, 7) is 2.23. The number of phenols is 2. The minimum atomic E-state index is -0.659. The van der Waals surface area contributed by atoms with Gasteiger partial charge in [0.05, 0.1) is 0 Å². The van der Waals surface area contributed by atoms with Crippen molar-refractivity contribution in [1.29, 1.82) is 0 Å². The summed E-state index contributed by atoms with van der Waals surface area (Å²) in [6.07, 6.45) is 11.5. The van der Waals surface area contributed by atoms with Crippen LogP contribution in [0.2, 0.25) is 0 Å². The SMILES string of the molecule is CCCCCCCCCCCC(=O)O.Oc1ccccc1O. The lowest BCUT2D eigenvalue weighted by molar-refractivity contribution is -0.137. The minimum absolute atomic E-state index is 0.0764. The number of carbonyl (C=O) groups is 1. The monoisotopic (exact) mass is 310 g/mol. The lowest BCUT2D eigenvalue weighted by Gasteiger charge is -2.00. The van der Waals surface area contributed by atoms with Crippen LogP contribution in [-0.2, 0) is 4.79 Å². The zero-order valence-corrected chi connectivity index (χ0v) is 13.6. The Balaban J connectivity index is 0.000000461. The van der Waals surface area contributed by atoms with Gasteiger partial charge in [0.2, 0.25) is 0 Å². The fraction of sp³-hybridized carbons (Fsp3) is 0.611. The van der Waals surface area contributed by atoms with Crippen molar-refractivity contribution in [1.82, 2.24) is 0 Å². The summed E-state index contributed by atoms with van der Waals surface area (Å²) in [7, 11) is 0. The first-order valence-corrected chi connectivity index (χ1v) is 8.26. The van der Waals surface area contributed by atoms with Gasteiger partial charge < -0.3 is 15.3 Å². The molecule has 4 heteroatoms. The van der Waals surface area contributed by atoms with Crippen molar-refractivity contribution in [3.05, 3.63) is 24.3 Å². The molecule has 0 fully saturated rings. The highest BCUT2D eigenvalue weighted by molar-refractivity contribution is 5.66. The lowest BCUT2D eigenvalue weighted by Crippen LogP contribution is -1.93. The van der Waals surface area contributed by atoms with Crippen LogP contribution in [0.25, 0.3) is 0 Å². The predicted molar refractivity (Wildman–Crippen MR) is 89.3 cm³/mol. The number of unbranched alkanes of at least 4 members (excludes halogenated alkanes) is 8. The zero-order chi connectivity index (χ0) is 16.6. The molecule has 0 aliphatic rings. The maximum Gasteiger partial charge on any atom is 0.303 e. The van der Waals surface area contributed by atoms with E-state index in [0.29, 0.717) is 6.42 Å². The zero-order valence-electron chi connectivity index (χ0n) is 13.6. The summed E-state index contributed by atoms with van der Waals surface area (Å²) < 4.78 is 0. The summed E-state index contributed by atoms with van der Waals surface area (Å²) in [6, 6.07) is 6.15. The average Bonchev–Trinajstić information content (AvgIpc) is 2.49. The Morgan fingerprint density at radius 2 is 1.23 bits per heavy atom. The van der Waals surface area contributed by atoms with E-state index in [1.165, 1.54) is 57.1 Å². The molecule has 1 rings (SSSR count). The molecule has 22 heavy (non-hydrogen) atoms. The second kappa shape index (κ2) is 14.2. The fourth-order valence-electron chi connectivity index (χ4n) is 2.05. The van der Waals surface area contributed by atoms with Gasteiger partial charge in [0.15, 0.2) is 11.5 Å². The van der Waals surface area contributed by atoms with Gasteiger partial charge >= 0.3 is 5.97 Å². The van der Waals surface area contributed by atoms with Gasteiger partial charge in [0, 0.05) is 6.42 Å². The van der Waals surface area contributed by atoms with Crippen molar-refractivity contribution >= 4 is 5.97 Å². The Labute approximate surface area is 133 Å². The van der Waals surface area contributed by atoms with E-state index < -0.39 is 5.97 Å². The van der Waals surface area contributed by atoms with Crippen molar-refractivity contribution in [3.8, 4) is 11.5 Å². The second-order valence-corrected chi connectivity index (χ2v) is 5.46. The molecular formula is C18H30O4. The maximum atomic E-state index is 10.2. The number of carboxylic acid groups (broad SMARTS) is 1. The molecule has 3 N–H and O–H groups in total. The molecule has 0 spiro atoms. The lowest BCUT2D eigenvalue weighted by atomic mass is 10.1. The molecule has 0 aromatic heterocycles. The standard InChI is InChI=1S/C12H24O2.C6H6O2/c1-2-3-4-5-6-7-8-9-10-11-12(13)14;7-5-3-1-2-4-6(5)8/h2-11H2,1H3,(H,13,14);1-4,7-8H. The van der Waals surface area contributed by atoms with E-state index in [1.54, 1.807) is 12.1 Å². The van der Waals surface area contributed by atoms with Crippen LogP contribution in [0.3, 0.4) is 0 Å². The smallest absolute Gasteiger partial charge is 0.303 e. The Morgan fingerprint density at radius 3 is 1.59 bits per heavy atom. The van der Waals surface area contributed by atoms with Crippen LogP contribution in [0.4, 0.5) is 0 Å². The first-order valence-electron chi connectivity index (χ1n) is 8.26. The molecule has 0 atom stereocenters. The molecule has 0 saturated carbocycles. The molecule has 0 heterocycles. The van der Waals surface area contributed by atoms with Gasteiger partial charge in [0.1, 0.15) is 0 Å². The van der Waals surface area contributed by atoms with Gasteiger partial charge in [-0.3, -0.25) is 4.79 Å². The first kappa shape index (κ1) is 20.3. The fourth-order valence-corrected chi connectivity index (χ4v) is 2.05. The number of carboxylic acids is 1. The van der Waals surface area contributed by atoms with Crippen LogP contribution in [0.1, 0.15) is 71.1 Å². The third-order valence-electron chi connectivity index (χ3n) is 3.38. The van der Waals surface area contributed by atoms with Gasteiger partial charge in [0.25, 0.3) is 0 Å². The number of para-hydroxylation sites is 2. The van der Waals surface area contributed by atoms with Crippen LogP contribution in [0.5, 0.6) is 11.5 Å². The van der Waals surface area contributed by atoms with E-state index in [1.807, 2.05) is 0 Å². The number of phenolic OH excluding ortho intramolecular Hbond substituents is 2. The van der Waals surface area contributed by atoms with Crippen molar-refractivity contribution in [2.45, 2.75) is 71.1 Å². The third-order valence-corrected chi connectivity index (χ3v) is 3.38. The van der Waals surface area contributed by atoms with Gasteiger partial charge in [-0.05, 0) is 18.6 Å². The van der Waals surface area contributed by atoms with Crippen LogP contribution >= 0.6 is 0 Å². The molecule has 0 saturated heterocycles. The van der Waals surface area contributed by atoms with Crippen molar-refractivity contribution in [3.63, 3.8) is 0 Å². The Kier molecular flexibility index (Phi) is 13.1. The van der Waals surface area contributed by atoms with Crippen LogP contribution in [0.15, 0.2) is 24.3 Å². The number of hydrogen-bond acceptors (Lipinski definition) is 3. The molecule has 126 valence electrons. The van der Waals surface area contributed by atoms with E-state index in [2.05, 4.69) is 6.92 Å². The molecule has 1 aromatic rings. The third kappa shape index (κ3) is 13.3. The predicted octanol–water partition coefficient (Wildman–Crippen LogP) is 5.09. The number of aliphatic carboxylic acids is 1. The molecule has 1 aromatic carbocycles. The minimum Gasteiger partial charge on any atom is -0.504 e. The van der Waals surface area contributed by atoms with E-state index in [9.17, 15) is 4.79 Å². The van der Waals surface area contributed by atoms with Crippen LogP contribution in [-0.4, -0.2) is 21.3 Å². The van der Waals surface area contributed by atoms with Gasteiger partial charge in [-0.15, -0.1) is 0 Å². The topological polar surface area (TPSA) is 77.8 Å². The summed E-state index contributed by atoms with van der Waals surface area (Å²) >= 11 is 0. The van der Waals surface area contributed by atoms with Crippen molar-refractivity contribution in [2.75, 3.05) is 0 Å². The van der Waals surface area contributed by atoms with Crippen molar-refractivity contribution < 1.29 is 20.1 Å². The Hall–Kier alpha value is -1.71. The number of rotatable bonds is 10. The highest BCUT2D eigenvalue weighted by Crippen LogP contribution is 2.21. The summed E-state index contributed by atoms with van der Waals surface area (Å²) in [5, 5.41) is 25.8. The highest BCUT2D eigenvalue weighted by atomic mass is 16.4. The molecule has 0 aliphatic heterocycles. The Bertz CT molecular complexity index is 369. The second-order valence-electron chi connectivity index (χ2n) is 5.46. The molecule has 0 unspecified atom stereocenters. The average molecular weight is 310 g/mol. The normalized spacial score (nSPS) is 9.86. The quantitative estimate of drug-likeness (QED) is 0.415. The van der Waals surface area contributed by atoms with Crippen LogP contribution in [0, 0.1) is 0 Å². The highest BCUT2D eigenvalue weighted by Gasteiger charge is 1.96. The number of benzene rings is 1. The molecule has 0 radical (unpaired) electrons. The summed E-state index contributed by atoms with van der Waals surface area (Å²) in [4.78, 5) is 10.2. The van der Waals surface area contributed by atoms with E-state index in [4.69, 9.17) is 15.3 Å². The van der Waals surface area contributed by atoms with E-state index in [-0.39, 0.29) is 11.5 Å². The van der Waals surface area contributed by atoms with Gasteiger partial charge in [-0.2, -0.15) is 0 Å². The summed E-state index contributed by atoms with van der Waals surface area (Å²) in [5.74, 6) is -0.812. The maximum absolute atomic E-state index is 10.2. The van der Waals surface area contributed by atoms with Gasteiger partial charge in [-0.25, -0.2) is 0 Å². The largest absolute Gasteiger partial charge is 0.504 e. The summed E-state index contributed by atoms with van der Waals surface area (Å²) in [5.41, 5.74) is 0. The first-order chi connectivity index (χ1) is 10.6. The van der Waals surface area contributed by atoms with Crippen LogP contribution < -0.4 is 0 Å². The Morgan fingerprint density at radius 1 is 0.818 bits per heavy atom. The molecule has 0 amide bonds. The molecule has 0 aliphatic carbocycles.